The summed E-state index contributed by atoms with van der Waals surface area (Å²) in [5.74, 6) is -0.774. The molecule has 0 amide bonds. The summed E-state index contributed by atoms with van der Waals surface area (Å²) in [6.45, 7) is 4.94. The number of carboxylic acids is 1. The highest BCUT2D eigenvalue weighted by molar-refractivity contribution is 5.73. The van der Waals surface area contributed by atoms with Crippen LogP contribution in [0.25, 0.3) is 0 Å². The molecule has 1 saturated heterocycles. The van der Waals surface area contributed by atoms with Gasteiger partial charge in [-0.15, -0.1) is 0 Å². The van der Waals surface area contributed by atoms with E-state index in [1.54, 1.807) is 0 Å². The third-order valence-electron chi connectivity index (χ3n) is 2.61. The van der Waals surface area contributed by atoms with Crippen LogP contribution >= 0.6 is 0 Å². The lowest BCUT2D eigenvalue weighted by molar-refractivity contribution is -0.142. The number of nitrogens with zero attached hydrogens (tertiary/aromatic N) is 1. The second-order valence-electron chi connectivity index (χ2n) is 3.34. The SMILES string of the molecule is CCC(CC)N1COCC1C(=O)O. The van der Waals surface area contributed by atoms with Gasteiger partial charge in [0.25, 0.3) is 0 Å². The van der Waals surface area contributed by atoms with Gasteiger partial charge in [0.05, 0.1) is 6.61 Å². The molecule has 0 spiro atoms. The van der Waals surface area contributed by atoms with Gasteiger partial charge in [-0.25, -0.2) is 0 Å². The number of rotatable bonds is 4. The number of aliphatic carboxylic acids is 1. The summed E-state index contributed by atoms with van der Waals surface area (Å²) in [6, 6.07) is -0.103. The summed E-state index contributed by atoms with van der Waals surface area (Å²) in [7, 11) is 0. The zero-order valence-corrected chi connectivity index (χ0v) is 8.19. The zero-order valence-electron chi connectivity index (χ0n) is 8.19. The average molecular weight is 187 g/mol. The quantitative estimate of drug-likeness (QED) is 0.711. The number of ether oxygens (including phenoxy) is 1. The van der Waals surface area contributed by atoms with Crippen molar-refractivity contribution in [3.05, 3.63) is 0 Å². The molecule has 13 heavy (non-hydrogen) atoms. The first-order chi connectivity index (χ1) is 6.20. The first-order valence-corrected chi connectivity index (χ1v) is 4.77. The van der Waals surface area contributed by atoms with Gasteiger partial charge in [0, 0.05) is 6.04 Å². The molecule has 1 fully saturated rings. The molecule has 4 heteroatoms. The molecule has 0 bridgehead atoms. The summed E-state index contributed by atoms with van der Waals surface area (Å²) in [4.78, 5) is 12.8. The van der Waals surface area contributed by atoms with Gasteiger partial charge in [-0.05, 0) is 12.8 Å². The highest BCUT2D eigenvalue weighted by atomic mass is 16.5. The van der Waals surface area contributed by atoms with Crippen molar-refractivity contribution in [2.24, 2.45) is 0 Å². The Morgan fingerprint density at radius 3 is 2.69 bits per heavy atom. The Balaban J connectivity index is 2.61. The third kappa shape index (κ3) is 2.19. The summed E-state index contributed by atoms with van der Waals surface area (Å²) < 4.78 is 5.16. The van der Waals surface area contributed by atoms with Crippen molar-refractivity contribution < 1.29 is 14.6 Å². The Labute approximate surface area is 78.5 Å². The molecule has 0 aromatic rings. The first-order valence-electron chi connectivity index (χ1n) is 4.77. The van der Waals surface area contributed by atoms with E-state index in [4.69, 9.17) is 9.84 Å². The van der Waals surface area contributed by atoms with Crippen LogP contribution < -0.4 is 0 Å². The molecule has 1 unspecified atom stereocenters. The Morgan fingerprint density at radius 2 is 2.23 bits per heavy atom. The van der Waals surface area contributed by atoms with Crippen LogP contribution in [-0.4, -0.2) is 41.4 Å². The van der Waals surface area contributed by atoms with Gasteiger partial charge < -0.3 is 9.84 Å². The molecular formula is C9H17NO3. The number of carboxylic acid groups (broad SMARTS) is 1. The smallest absolute Gasteiger partial charge is 0.323 e. The van der Waals surface area contributed by atoms with E-state index in [-0.39, 0.29) is 0 Å². The molecule has 1 aliphatic rings. The minimum absolute atomic E-state index is 0.325. The molecule has 0 aromatic heterocycles. The minimum Gasteiger partial charge on any atom is -0.480 e. The number of hydrogen-bond donors (Lipinski definition) is 1. The van der Waals surface area contributed by atoms with Crippen molar-refractivity contribution in [1.82, 2.24) is 4.90 Å². The molecule has 1 aliphatic heterocycles. The fourth-order valence-corrected chi connectivity index (χ4v) is 1.79. The van der Waals surface area contributed by atoms with Crippen LogP contribution in [0.15, 0.2) is 0 Å². The number of hydrogen-bond acceptors (Lipinski definition) is 3. The van der Waals surface area contributed by atoms with Gasteiger partial charge in [-0.2, -0.15) is 0 Å². The monoisotopic (exact) mass is 187 g/mol. The first kappa shape index (κ1) is 10.5. The summed E-state index contributed by atoms with van der Waals surface area (Å²) >= 11 is 0. The molecule has 1 atom stereocenters. The predicted molar refractivity (Wildman–Crippen MR) is 48.5 cm³/mol. The molecule has 76 valence electrons. The topological polar surface area (TPSA) is 49.8 Å². The van der Waals surface area contributed by atoms with Crippen LogP contribution in [0.2, 0.25) is 0 Å². The molecule has 0 radical (unpaired) electrons. The van der Waals surface area contributed by atoms with Crippen LogP contribution in [0.1, 0.15) is 26.7 Å². The second kappa shape index (κ2) is 4.58. The van der Waals surface area contributed by atoms with Gasteiger partial charge >= 0.3 is 5.97 Å². The fraction of sp³-hybridized carbons (Fsp3) is 0.889. The van der Waals surface area contributed by atoms with E-state index < -0.39 is 12.0 Å². The summed E-state index contributed by atoms with van der Waals surface area (Å²) in [5, 5.41) is 8.90. The van der Waals surface area contributed by atoms with Crippen molar-refractivity contribution in [3.63, 3.8) is 0 Å². The average Bonchev–Trinajstić information content (AvgIpc) is 2.55. The van der Waals surface area contributed by atoms with E-state index in [0.717, 1.165) is 12.8 Å². The van der Waals surface area contributed by atoms with Gasteiger partial charge in [0.2, 0.25) is 0 Å². The standard InChI is InChI=1S/C9H17NO3/c1-3-7(4-2)10-6-13-5-8(10)9(11)12/h7-8H,3-6H2,1-2H3,(H,11,12). The van der Waals surface area contributed by atoms with Crippen molar-refractivity contribution in [2.75, 3.05) is 13.3 Å². The van der Waals surface area contributed by atoms with Crippen LogP contribution in [0.3, 0.4) is 0 Å². The highest BCUT2D eigenvalue weighted by Crippen LogP contribution is 2.17. The Hall–Kier alpha value is -0.610. The Bertz CT molecular complexity index is 180. The van der Waals surface area contributed by atoms with E-state index in [1.165, 1.54) is 0 Å². The van der Waals surface area contributed by atoms with Gasteiger partial charge in [-0.1, -0.05) is 13.8 Å². The second-order valence-corrected chi connectivity index (χ2v) is 3.34. The maximum Gasteiger partial charge on any atom is 0.323 e. The van der Waals surface area contributed by atoms with Crippen LogP contribution in [0, 0.1) is 0 Å². The van der Waals surface area contributed by atoms with E-state index in [9.17, 15) is 4.79 Å². The van der Waals surface area contributed by atoms with E-state index in [2.05, 4.69) is 13.8 Å². The normalized spacial score (nSPS) is 24.1. The molecule has 1 heterocycles. The maximum absolute atomic E-state index is 10.8. The lowest BCUT2D eigenvalue weighted by Crippen LogP contribution is -2.43. The van der Waals surface area contributed by atoms with Crippen LogP contribution in [0.5, 0.6) is 0 Å². The highest BCUT2D eigenvalue weighted by Gasteiger charge is 2.34. The molecule has 1 N–H and O–H groups in total. The van der Waals surface area contributed by atoms with E-state index in [0.29, 0.717) is 19.4 Å². The van der Waals surface area contributed by atoms with Gasteiger partial charge in [0.1, 0.15) is 12.8 Å². The predicted octanol–water partition coefficient (Wildman–Crippen LogP) is 0.918. The lowest BCUT2D eigenvalue weighted by Gasteiger charge is -2.27. The molecule has 4 nitrogen and oxygen atoms in total. The van der Waals surface area contributed by atoms with E-state index in [1.807, 2.05) is 4.90 Å². The zero-order chi connectivity index (χ0) is 9.84. The molecule has 0 aliphatic carbocycles. The Morgan fingerprint density at radius 1 is 1.62 bits per heavy atom. The molecule has 1 rings (SSSR count). The van der Waals surface area contributed by atoms with Crippen LogP contribution in [-0.2, 0) is 9.53 Å². The molecular weight excluding hydrogens is 170 g/mol. The maximum atomic E-state index is 10.8. The van der Waals surface area contributed by atoms with Gasteiger partial charge in [-0.3, -0.25) is 9.69 Å². The molecule has 0 aromatic carbocycles. The van der Waals surface area contributed by atoms with Crippen molar-refractivity contribution in [3.8, 4) is 0 Å². The van der Waals surface area contributed by atoms with Gasteiger partial charge in [0.15, 0.2) is 0 Å². The summed E-state index contributed by atoms with van der Waals surface area (Å²) in [6.07, 6.45) is 1.95. The largest absolute Gasteiger partial charge is 0.480 e. The molecule has 0 saturated carbocycles. The summed E-state index contributed by atoms with van der Waals surface area (Å²) in [5.41, 5.74) is 0. The Kier molecular flexibility index (Phi) is 3.69. The number of carbonyl (C=O) groups is 1. The van der Waals surface area contributed by atoms with Crippen molar-refractivity contribution >= 4 is 5.97 Å². The third-order valence-corrected chi connectivity index (χ3v) is 2.61. The van der Waals surface area contributed by atoms with E-state index >= 15 is 0 Å². The lowest BCUT2D eigenvalue weighted by atomic mass is 10.1. The fourth-order valence-electron chi connectivity index (χ4n) is 1.79. The minimum atomic E-state index is -0.774. The van der Waals surface area contributed by atoms with Crippen molar-refractivity contribution in [2.45, 2.75) is 38.8 Å². The van der Waals surface area contributed by atoms with Crippen molar-refractivity contribution in [1.29, 1.82) is 0 Å². The van der Waals surface area contributed by atoms with Crippen LogP contribution in [0.4, 0.5) is 0 Å².